The van der Waals surface area contributed by atoms with Gasteiger partial charge in [0.15, 0.2) is 0 Å². The lowest BCUT2D eigenvalue weighted by Gasteiger charge is -2.07. The number of aliphatic hydroxyl groups is 1. The Kier molecular flexibility index (Phi) is 5.15. The van der Waals surface area contributed by atoms with Gasteiger partial charge in [0, 0.05) is 34.1 Å². The number of carbonyl (C=O) groups excluding carboxylic acids is 1. The average Bonchev–Trinajstić information content (AvgIpc) is 2.89. The van der Waals surface area contributed by atoms with Crippen LogP contribution in [0, 0.1) is 6.92 Å². The third kappa shape index (κ3) is 4.08. The summed E-state index contributed by atoms with van der Waals surface area (Å²) in [6, 6.07) is 11.5. The molecule has 106 valence electrons. The van der Waals surface area contributed by atoms with Gasteiger partial charge in [-0.15, -0.1) is 11.3 Å². The Hall–Kier alpha value is -1.85. The summed E-state index contributed by atoms with van der Waals surface area (Å²) in [7, 11) is 0. The van der Waals surface area contributed by atoms with Gasteiger partial charge in [-0.3, -0.25) is 4.79 Å². The number of aliphatic hydroxyl groups excluding tert-OH is 1. The van der Waals surface area contributed by atoms with Crippen LogP contribution < -0.4 is 10.6 Å². The number of hydrogen-bond donors (Lipinski definition) is 3. The third-order valence-corrected chi connectivity index (χ3v) is 3.81. The van der Waals surface area contributed by atoms with E-state index in [0.717, 1.165) is 12.2 Å². The van der Waals surface area contributed by atoms with Gasteiger partial charge in [0.1, 0.15) is 0 Å². The van der Waals surface area contributed by atoms with Crippen LogP contribution in [-0.2, 0) is 6.54 Å². The topological polar surface area (TPSA) is 61.4 Å². The van der Waals surface area contributed by atoms with E-state index in [2.05, 4.69) is 29.7 Å². The molecule has 1 aromatic carbocycles. The van der Waals surface area contributed by atoms with Gasteiger partial charge < -0.3 is 15.7 Å². The maximum atomic E-state index is 11.7. The second-order valence-electron chi connectivity index (χ2n) is 4.42. The normalized spacial score (nSPS) is 10.3. The van der Waals surface area contributed by atoms with E-state index >= 15 is 0 Å². The Morgan fingerprint density at radius 1 is 1.20 bits per heavy atom. The molecule has 0 saturated heterocycles. The molecule has 1 amide bonds. The fraction of sp³-hybridized carbons (Fsp3) is 0.267. The van der Waals surface area contributed by atoms with Crippen LogP contribution in [0.25, 0.3) is 0 Å². The second kappa shape index (κ2) is 7.07. The van der Waals surface area contributed by atoms with Crippen molar-refractivity contribution in [3.8, 4) is 0 Å². The summed E-state index contributed by atoms with van der Waals surface area (Å²) in [5, 5.41) is 14.6. The van der Waals surface area contributed by atoms with Gasteiger partial charge in [-0.2, -0.15) is 0 Å². The van der Waals surface area contributed by atoms with Crippen molar-refractivity contribution in [2.75, 3.05) is 18.5 Å². The predicted octanol–water partition coefficient (Wildman–Crippen LogP) is 2.39. The van der Waals surface area contributed by atoms with Gasteiger partial charge in [-0.05, 0) is 43.3 Å². The molecule has 5 heteroatoms. The van der Waals surface area contributed by atoms with Crippen molar-refractivity contribution in [2.24, 2.45) is 0 Å². The lowest BCUT2D eigenvalue weighted by atomic mass is 10.2. The summed E-state index contributed by atoms with van der Waals surface area (Å²) in [5.41, 5.74) is 1.57. The first-order chi connectivity index (χ1) is 9.69. The molecular formula is C15H18N2O2S. The largest absolute Gasteiger partial charge is 0.395 e. The van der Waals surface area contributed by atoms with Gasteiger partial charge in [-0.25, -0.2) is 0 Å². The molecule has 3 N–H and O–H groups in total. The lowest BCUT2D eigenvalue weighted by Crippen LogP contribution is -2.26. The highest BCUT2D eigenvalue weighted by Gasteiger charge is 2.04. The van der Waals surface area contributed by atoms with Crippen molar-refractivity contribution < 1.29 is 9.90 Å². The van der Waals surface area contributed by atoms with E-state index < -0.39 is 0 Å². The van der Waals surface area contributed by atoms with Gasteiger partial charge in [0.25, 0.3) is 5.91 Å². The number of hydrogen-bond acceptors (Lipinski definition) is 4. The highest BCUT2D eigenvalue weighted by Crippen LogP contribution is 2.17. The standard InChI is InChI=1S/C15H18N2O2S/c1-11-2-7-14(20-11)10-17-13-5-3-12(4-6-13)15(19)16-8-9-18/h2-7,17-18H,8-10H2,1H3,(H,16,19). The van der Waals surface area contributed by atoms with Crippen molar-refractivity contribution >= 4 is 22.9 Å². The predicted molar refractivity (Wildman–Crippen MR) is 82.2 cm³/mol. The molecule has 2 aromatic rings. The first-order valence-corrected chi connectivity index (χ1v) is 7.29. The number of thiophene rings is 1. The molecule has 0 fully saturated rings. The molecule has 0 bridgehead atoms. The summed E-state index contributed by atoms with van der Waals surface area (Å²) in [6.45, 7) is 3.10. The van der Waals surface area contributed by atoms with E-state index in [0.29, 0.717) is 5.56 Å². The quantitative estimate of drug-likeness (QED) is 0.765. The number of aryl methyl sites for hydroxylation is 1. The molecule has 4 nitrogen and oxygen atoms in total. The minimum Gasteiger partial charge on any atom is -0.395 e. The fourth-order valence-corrected chi connectivity index (χ4v) is 2.61. The van der Waals surface area contributed by atoms with Crippen LogP contribution in [0.1, 0.15) is 20.1 Å². The lowest BCUT2D eigenvalue weighted by molar-refractivity contribution is 0.0945. The number of carbonyl (C=O) groups is 1. The van der Waals surface area contributed by atoms with Crippen molar-refractivity contribution in [3.05, 3.63) is 51.7 Å². The van der Waals surface area contributed by atoms with Crippen LogP contribution in [0.4, 0.5) is 5.69 Å². The fourth-order valence-electron chi connectivity index (χ4n) is 1.78. The van der Waals surface area contributed by atoms with E-state index in [1.165, 1.54) is 9.75 Å². The molecule has 0 atom stereocenters. The number of benzene rings is 1. The molecule has 0 aliphatic heterocycles. The highest BCUT2D eigenvalue weighted by atomic mass is 32.1. The monoisotopic (exact) mass is 290 g/mol. The molecule has 1 aromatic heterocycles. The van der Waals surface area contributed by atoms with E-state index in [4.69, 9.17) is 5.11 Å². The Balaban J connectivity index is 1.89. The van der Waals surface area contributed by atoms with Gasteiger partial charge >= 0.3 is 0 Å². The van der Waals surface area contributed by atoms with Crippen LogP contribution in [0.3, 0.4) is 0 Å². The molecule has 0 aliphatic carbocycles. The van der Waals surface area contributed by atoms with Crippen molar-refractivity contribution in [1.29, 1.82) is 0 Å². The maximum absolute atomic E-state index is 11.7. The van der Waals surface area contributed by atoms with Gasteiger partial charge in [0.2, 0.25) is 0 Å². The van der Waals surface area contributed by atoms with Crippen molar-refractivity contribution in [3.63, 3.8) is 0 Å². The summed E-state index contributed by atoms with van der Waals surface area (Å²) in [4.78, 5) is 14.2. The van der Waals surface area contributed by atoms with Gasteiger partial charge in [0.05, 0.1) is 6.61 Å². The molecular weight excluding hydrogens is 272 g/mol. The minimum absolute atomic E-state index is 0.0500. The van der Waals surface area contributed by atoms with Crippen LogP contribution in [0.5, 0.6) is 0 Å². The Labute approximate surface area is 122 Å². The summed E-state index contributed by atoms with van der Waals surface area (Å²) >= 11 is 1.77. The number of amides is 1. The maximum Gasteiger partial charge on any atom is 0.251 e. The zero-order valence-corrected chi connectivity index (χ0v) is 12.2. The Morgan fingerprint density at radius 2 is 1.95 bits per heavy atom. The molecule has 0 spiro atoms. The summed E-state index contributed by atoms with van der Waals surface area (Å²) < 4.78 is 0. The van der Waals surface area contributed by atoms with Crippen LogP contribution in [0.2, 0.25) is 0 Å². The van der Waals surface area contributed by atoms with Crippen LogP contribution in [-0.4, -0.2) is 24.2 Å². The Morgan fingerprint density at radius 3 is 2.55 bits per heavy atom. The van der Waals surface area contributed by atoms with E-state index in [9.17, 15) is 4.79 Å². The third-order valence-electron chi connectivity index (χ3n) is 2.81. The molecule has 0 radical (unpaired) electrons. The highest BCUT2D eigenvalue weighted by molar-refractivity contribution is 7.11. The molecule has 0 unspecified atom stereocenters. The first kappa shape index (κ1) is 14.6. The van der Waals surface area contributed by atoms with Gasteiger partial charge in [-0.1, -0.05) is 0 Å². The zero-order valence-electron chi connectivity index (χ0n) is 11.3. The number of rotatable bonds is 6. The smallest absolute Gasteiger partial charge is 0.251 e. The molecule has 0 aliphatic rings. The SMILES string of the molecule is Cc1ccc(CNc2ccc(C(=O)NCCO)cc2)s1. The summed E-state index contributed by atoms with van der Waals surface area (Å²) in [6.07, 6.45) is 0. The van der Waals surface area contributed by atoms with Crippen molar-refractivity contribution in [1.82, 2.24) is 5.32 Å². The Bertz CT molecular complexity index is 564. The van der Waals surface area contributed by atoms with E-state index in [1.807, 2.05) is 12.1 Å². The molecule has 0 saturated carbocycles. The molecule has 20 heavy (non-hydrogen) atoms. The molecule has 2 rings (SSSR count). The first-order valence-electron chi connectivity index (χ1n) is 6.47. The van der Waals surface area contributed by atoms with Crippen LogP contribution in [0.15, 0.2) is 36.4 Å². The van der Waals surface area contributed by atoms with Crippen LogP contribution >= 0.6 is 11.3 Å². The minimum atomic E-state index is -0.167. The molecule has 1 heterocycles. The van der Waals surface area contributed by atoms with E-state index in [1.54, 1.807) is 23.5 Å². The average molecular weight is 290 g/mol. The zero-order chi connectivity index (χ0) is 14.4. The number of anilines is 1. The summed E-state index contributed by atoms with van der Waals surface area (Å²) in [5.74, 6) is -0.167. The number of nitrogens with one attached hydrogen (secondary N) is 2. The van der Waals surface area contributed by atoms with Crippen molar-refractivity contribution in [2.45, 2.75) is 13.5 Å². The van der Waals surface area contributed by atoms with E-state index in [-0.39, 0.29) is 19.1 Å². The second-order valence-corrected chi connectivity index (χ2v) is 5.80.